The maximum atomic E-state index is 11.8. The van der Waals surface area contributed by atoms with Gasteiger partial charge >= 0.3 is 0 Å². The molecule has 104 valence electrons. The Bertz CT molecular complexity index is 793. The Morgan fingerprint density at radius 1 is 1.19 bits per heavy atom. The number of phenols is 1. The molecule has 0 saturated heterocycles. The second-order valence-electron chi connectivity index (χ2n) is 4.24. The Hall–Kier alpha value is -2.73. The highest BCUT2D eigenvalue weighted by molar-refractivity contribution is 7.20. The number of thiazole rings is 1. The van der Waals surface area contributed by atoms with Crippen LogP contribution in [0.1, 0.15) is 15.4 Å². The lowest BCUT2D eigenvalue weighted by molar-refractivity contribution is 0.0952. The monoisotopic (exact) mass is 297 g/mol. The molecule has 0 bridgehead atoms. The van der Waals surface area contributed by atoms with Crippen molar-refractivity contribution in [1.82, 2.24) is 10.4 Å². The zero-order valence-corrected chi connectivity index (χ0v) is 11.7. The lowest BCUT2D eigenvalue weighted by atomic mass is 10.2. The summed E-state index contributed by atoms with van der Waals surface area (Å²) in [4.78, 5) is 16.2. The van der Waals surface area contributed by atoms with E-state index < -0.39 is 5.91 Å². The van der Waals surface area contributed by atoms with Crippen molar-refractivity contribution in [2.45, 2.75) is 0 Å². The van der Waals surface area contributed by atoms with Gasteiger partial charge in [-0.25, -0.2) is 10.4 Å². The van der Waals surface area contributed by atoms with E-state index in [-0.39, 0.29) is 11.3 Å². The Morgan fingerprint density at radius 3 is 2.76 bits per heavy atom. The second-order valence-corrected chi connectivity index (χ2v) is 5.30. The van der Waals surface area contributed by atoms with Gasteiger partial charge < -0.3 is 5.11 Å². The van der Waals surface area contributed by atoms with Gasteiger partial charge in [0.2, 0.25) is 0 Å². The quantitative estimate of drug-likeness (QED) is 0.576. The Balaban J connectivity index is 1.72. The van der Waals surface area contributed by atoms with Gasteiger partial charge in [-0.15, -0.1) is 11.3 Å². The SMILES string of the molecule is O=C(N/N=C/c1nc2ccccc2s1)c1ccccc1O. The van der Waals surface area contributed by atoms with E-state index in [4.69, 9.17) is 0 Å². The van der Waals surface area contributed by atoms with Crippen molar-refractivity contribution in [2.24, 2.45) is 5.10 Å². The number of hydrazone groups is 1. The Morgan fingerprint density at radius 2 is 1.95 bits per heavy atom. The van der Waals surface area contributed by atoms with Crippen LogP contribution in [0.4, 0.5) is 0 Å². The maximum absolute atomic E-state index is 11.8. The second kappa shape index (κ2) is 5.72. The average molecular weight is 297 g/mol. The van der Waals surface area contributed by atoms with E-state index in [1.54, 1.807) is 12.1 Å². The molecular weight excluding hydrogens is 286 g/mol. The summed E-state index contributed by atoms with van der Waals surface area (Å²) in [6.07, 6.45) is 1.49. The number of nitrogens with one attached hydrogen (secondary N) is 1. The normalized spacial score (nSPS) is 11.0. The summed E-state index contributed by atoms with van der Waals surface area (Å²) < 4.78 is 1.06. The van der Waals surface area contributed by atoms with Crippen LogP contribution >= 0.6 is 11.3 Å². The number of nitrogens with zero attached hydrogens (tertiary/aromatic N) is 2. The third-order valence-corrected chi connectivity index (χ3v) is 3.77. The van der Waals surface area contributed by atoms with Crippen LogP contribution in [0.15, 0.2) is 53.6 Å². The highest BCUT2D eigenvalue weighted by Gasteiger charge is 2.08. The first kappa shape index (κ1) is 13.3. The molecule has 3 aromatic rings. The summed E-state index contributed by atoms with van der Waals surface area (Å²) in [5.41, 5.74) is 3.45. The number of hydrogen-bond acceptors (Lipinski definition) is 5. The summed E-state index contributed by atoms with van der Waals surface area (Å²) >= 11 is 1.49. The zero-order chi connectivity index (χ0) is 14.7. The molecule has 0 fully saturated rings. The highest BCUT2D eigenvalue weighted by atomic mass is 32.1. The number of carbonyl (C=O) groups is 1. The van der Waals surface area contributed by atoms with Gasteiger partial charge in [0.05, 0.1) is 22.0 Å². The summed E-state index contributed by atoms with van der Waals surface area (Å²) in [5.74, 6) is -0.546. The predicted molar refractivity (Wildman–Crippen MR) is 82.8 cm³/mol. The standard InChI is InChI=1S/C15H11N3O2S/c19-12-7-3-1-5-10(12)15(20)18-16-9-14-17-11-6-2-4-8-13(11)21-14/h1-9,19H,(H,18,20)/b16-9+. The van der Waals surface area contributed by atoms with Gasteiger partial charge in [-0.05, 0) is 24.3 Å². The van der Waals surface area contributed by atoms with Crippen LogP contribution in [0, 0.1) is 0 Å². The predicted octanol–water partition coefficient (Wildman–Crippen LogP) is 2.77. The molecule has 0 saturated carbocycles. The molecule has 0 unspecified atom stereocenters. The summed E-state index contributed by atoms with van der Waals surface area (Å²) in [6.45, 7) is 0. The molecule has 5 nitrogen and oxygen atoms in total. The van der Waals surface area contributed by atoms with Gasteiger partial charge in [0.25, 0.3) is 5.91 Å². The molecule has 3 rings (SSSR count). The number of phenolic OH excluding ortho intramolecular Hbond substituents is 1. The van der Waals surface area contributed by atoms with Crippen molar-refractivity contribution >= 4 is 33.7 Å². The van der Waals surface area contributed by atoms with E-state index in [0.29, 0.717) is 5.01 Å². The van der Waals surface area contributed by atoms with E-state index in [0.717, 1.165) is 10.2 Å². The largest absolute Gasteiger partial charge is 0.507 e. The van der Waals surface area contributed by atoms with Crippen LogP contribution in [0.3, 0.4) is 0 Å². The molecule has 1 heterocycles. The number of hydrogen-bond donors (Lipinski definition) is 2. The fourth-order valence-electron chi connectivity index (χ4n) is 1.82. The first-order valence-corrected chi connectivity index (χ1v) is 7.02. The van der Waals surface area contributed by atoms with Crippen LogP contribution in [0.5, 0.6) is 5.75 Å². The number of fused-ring (bicyclic) bond motifs is 1. The van der Waals surface area contributed by atoms with E-state index >= 15 is 0 Å². The molecule has 21 heavy (non-hydrogen) atoms. The minimum absolute atomic E-state index is 0.0785. The van der Waals surface area contributed by atoms with E-state index in [1.807, 2.05) is 24.3 Å². The Labute approximate surface area is 124 Å². The van der Waals surface area contributed by atoms with Crippen molar-refractivity contribution in [3.63, 3.8) is 0 Å². The van der Waals surface area contributed by atoms with Crippen molar-refractivity contribution in [2.75, 3.05) is 0 Å². The van der Waals surface area contributed by atoms with Crippen LogP contribution in [0.2, 0.25) is 0 Å². The zero-order valence-electron chi connectivity index (χ0n) is 10.9. The fourth-order valence-corrected chi connectivity index (χ4v) is 2.66. The van der Waals surface area contributed by atoms with Gasteiger partial charge in [-0.2, -0.15) is 5.10 Å². The number of aromatic nitrogens is 1. The number of carbonyl (C=O) groups excluding carboxylic acids is 1. The third-order valence-electron chi connectivity index (χ3n) is 2.80. The molecule has 0 aliphatic rings. The van der Waals surface area contributed by atoms with Gasteiger partial charge in [-0.1, -0.05) is 24.3 Å². The molecule has 2 N–H and O–H groups in total. The molecular formula is C15H11N3O2S. The number of aromatic hydroxyl groups is 1. The molecule has 0 spiro atoms. The number of rotatable bonds is 3. The summed E-state index contributed by atoms with van der Waals surface area (Å²) in [6, 6.07) is 14.1. The van der Waals surface area contributed by atoms with Gasteiger partial charge in [0.15, 0.2) is 0 Å². The fraction of sp³-hybridized carbons (Fsp3) is 0. The van der Waals surface area contributed by atoms with Crippen molar-refractivity contribution in [1.29, 1.82) is 0 Å². The van der Waals surface area contributed by atoms with Crippen LogP contribution in [0.25, 0.3) is 10.2 Å². The number of para-hydroxylation sites is 2. The number of amides is 1. The van der Waals surface area contributed by atoms with Crippen molar-refractivity contribution in [3.05, 3.63) is 59.1 Å². The molecule has 1 aromatic heterocycles. The molecule has 1 amide bonds. The number of benzene rings is 2. The van der Waals surface area contributed by atoms with Gasteiger partial charge in [-0.3, -0.25) is 4.79 Å². The van der Waals surface area contributed by atoms with Gasteiger partial charge in [0.1, 0.15) is 10.8 Å². The summed E-state index contributed by atoms with van der Waals surface area (Å²) in [5, 5.41) is 14.1. The van der Waals surface area contributed by atoms with Gasteiger partial charge in [0, 0.05) is 0 Å². The smallest absolute Gasteiger partial charge is 0.275 e. The molecule has 0 aliphatic carbocycles. The minimum atomic E-state index is -0.467. The van der Waals surface area contributed by atoms with E-state index in [9.17, 15) is 9.90 Å². The van der Waals surface area contributed by atoms with Crippen LogP contribution in [-0.2, 0) is 0 Å². The topological polar surface area (TPSA) is 74.6 Å². The first-order valence-electron chi connectivity index (χ1n) is 6.21. The lowest BCUT2D eigenvalue weighted by Gasteiger charge is -2.01. The Kier molecular flexibility index (Phi) is 3.61. The molecule has 2 aromatic carbocycles. The van der Waals surface area contributed by atoms with Crippen LogP contribution in [-0.4, -0.2) is 22.2 Å². The van der Waals surface area contributed by atoms with Crippen LogP contribution < -0.4 is 5.43 Å². The lowest BCUT2D eigenvalue weighted by Crippen LogP contribution is -2.17. The first-order chi connectivity index (χ1) is 10.2. The minimum Gasteiger partial charge on any atom is -0.507 e. The van der Waals surface area contributed by atoms with E-state index in [2.05, 4.69) is 15.5 Å². The average Bonchev–Trinajstić information content (AvgIpc) is 2.90. The highest BCUT2D eigenvalue weighted by Crippen LogP contribution is 2.20. The summed E-state index contributed by atoms with van der Waals surface area (Å²) in [7, 11) is 0. The maximum Gasteiger partial charge on any atom is 0.275 e. The molecule has 0 atom stereocenters. The van der Waals surface area contributed by atoms with Crippen molar-refractivity contribution in [3.8, 4) is 5.75 Å². The third kappa shape index (κ3) is 2.90. The van der Waals surface area contributed by atoms with Crippen molar-refractivity contribution < 1.29 is 9.90 Å². The molecule has 0 radical (unpaired) electrons. The molecule has 6 heteroatoms. The van der Waals surface area contributed by atoms with E-state index in [1.165, 1.54) is 29.7 Å². The molecule has 0 aliphatic heterocycles.